The third kappa shape index (κ3) is 9.21. The van der Waals surface area contributed by atoms with Crippen LogP contribution in [0.5, 0.6) is 11.5 Å². The second kappa shape index (κ2) is 19.6. The monoisotopic (exact) mass is 892 g/mol. The van der Waals surface area contributed by atoms with Crippen LogP contribution in [0.25, 0.3) is 28.2 Å². The highest BCUT2D eigenvalue weighted by Crippen LogP contribution is 2.45. The number of aromatic nitrogens is 1. The van der Waals surface area contributed by atoms with Gasteiger partial charge in [0, 0.05) is 43.6 Å². The van der Waals surface area contributed by atoms with E-state index < -0.39 is 42.2 Å². The number of hydrogen-bond donors (Lipinski definition) is 6. The molecule has 8 atom stereocenters. The lowest BCUT2D eigenvalue weighted by molar-refractivity contribution is -0.340. The van der Waals surface area contributed by atoms with Gasteiger partial charge in [0.1, 0.15) is 35.4 Å². The standard InChI is InChI=1S/C48H48N2O11S2/c51-28-48-44(54)43(45(55)56)61-46(60-36-18-19-37-41(22-36)58-25-39(42(37)53)33-14-16-35(52)17-15-33)47(48,57)27-50-24-38(40(26-62-63-29-59-48)34-20-21-49-23-34)32-11-4-2-1-3-8-30-9-5-6-10-31(30)12-7-13-32/h5-7,9-10,12,14-23,25,28,32,38,40,43-44,46,49-50,52,54,57H,1,3,8,11,13,24,26-27,29H2,(H,55,56)/b12-7+/t32-,38+,40-,43+,44-,46-,47+,48+/m1/s1. The van der Waals surface area contributed by atoms with Crippen LogP contribution >= 0.6 is 21.6 Å². The number of nitrogens with one attached hydrogen (secondary N) is 2. The summed E-state index contributed by atoms with van der Waals surface area (Å²) in [5.41, 5.74) is -0.998. The van der Waals surface area contributed by atoms with Crippen LogP contribution in [0.3, 0.4) is 0 Å². The van der Waals surface area contributed by atoms with Crippen molar-refractivity contribution in [1.29, 1.82) is 0 Å². The Morgan fingerprint density at radius 1 is 1.05 bits per heavy atom. The first-order valence-corrected chi connectivity index (χ1v) is 23.3. The van der Waals surface area contributed by atoms with Crippen LogP contribution in [0.2, 0.25) is 0 Å². The molecule has 63 heavy (non-hydrogen) atoms. The lowest BCUT2D eigenvalue weighted by Crippen LogP contribution is -2.80. The first-order valence-electron chi connectivity index (χ1n) is 20.8. The molecule has 2 aromatic heterocycles. The minimum Gasteiger partial charge on any atom is -0.508 e. The first-order chi connectivity index (χ1) is 30.6. The summed E-state index contributed by atoms with van der Waals surface area (Å²) in [5.74, 6) is 5.72. The maximum Gasteiger partial charge on any atom is 0.335 e. The zero-order chi connectivity index (χ0) is 44.0. The van der Waals surface area contributed by atoms with Crippen molar-refractivity contribution in [2.24, 2.45) is 11.8 Å². The van der Waals surface area contributed by atoms with Crippen molar-refractivity contribution in [3.63, 3.8) is 0 Å². The number of carboxylic acids is 1. The number of H-pyrrole nitrogens is 1. The van der Waals surface area contributed by atoms with Crippen molar-refractivity contribution < 1.29 is 48.6 Å². The number of benzene rings is 3. The number of carbonyl (C=O) groups excluding carboxylic acids is 1. The normalized spacial score (nSPS) is 28.8. The second-order valence-corrected chi connectivity index (χ2v) is 18.5. The molecule has 3 aromatic carbocycles. The molecule has 2 aliphatic heterocycles. The Hall–Kier alpha value is -5.31. The van der Waals surface area contributed by atoms with Crippen molar-refractivity contribution in [2.45, 2.75) is 67.7 Å². The molecule has 0 bridgehead atoms. The number of fused-ring (bicyclic) bond motifs is 3. The van der Waals surface area contributed by atoms with Gasteiger partial charge in [0.2, 0.25) is 6.29 Å². The summed E-state index contributed by atoms with van der Waals surface area (Å²) in [6.45, 7) is -0.126. The number of rotatable bonds is 7. The number of aromatic amines is 1. The number of hydrogen-bond acceptors (Lipinski definition) is 13. The summed E-state index contributed by atoms with van der Waals surface area (Å²) in [6, 6.07) is 20.8. The third-order valence-corrected chi connectivity index (χ3v) is 14.4. The first kappa shape index (κ1) is 44.3. The Morgan fingerprint density at radius 3 is 2.68 bits per heavy atom. The smallest absolute Gasteiger partial charge is 0.335 e. The molecule has 0 spiro atoms. The van der Waals surface area contributed by atoms with Gasteiger partial charge in [-0.3, -0.25) is 9.59 Å². The molecule has 0 radical (unpaired) electrons. The van der Waals surface area contributed by atoms with Crippen LogP contribution < -0.4 is 15.5 Å². The van der Waals surface area contributed by atoms with E-state index >= 15 is 0 Å². The number of aliphatic carboxylic acids is 1. The fourth-order valence-corrected chi connectivity index (χ4v) is 10.9. The Labute approximate surface area is 371 Å². The number of β-amino-alcohol motifs (C(OH)–C–C–N with tert-alkyl or cyclic N) is 1. The number of phenolic OH excluding ortho intramolecular Hbond substituents is 1. The number of allylic oxidation sites excluding steroid dienone is 1. The summed E-state index contributed by atoms with van der Waals surface area (Å²) in [5, 5.41) is 48.2. The summed E-state index contributed by atoms with van der Waals surface area (Å²) in [4.78, 5) is 42.8. The summed E-state index contributed by atoms with van der Waals surface area (Å²) in [6.07, 6.45) is 7.67. The van der Waals surface area contributed by atoms with Gasteiger partial charge in [0.15, 0.2) is 29.0 Å². The lowest BCUT2D eigenvalue weighted by atomic mass is 9.73. The molecule has 4 heterocycles. The zero-order valence-corrected chi connectivity index (χ0v) is 35.8. The SMILES string of the molecule is O=C[C@@]12OCSSC[C@H](c3cc[nH]c3)[C@H]([C@@H]3CC#CCCCc4ccccc4/C=C/C3)CNC[C@]1(O)[C@H](Oc1ccc3c(=O)c(-c4ccc(O)cc4)coc3c1)O[C@H](C(=O)O)[C@H]2O. The lowest BCUT2D eigenvalue weighted by Gasteiger charge is -2.53. The molecular formula is C48H48N2O11S2. The van der Waals surface area contributed by atoms with E-state index in [0.29, 0.717) is 30.7 Å². The summed E-state index contributed by atoms with van der Waals surface area (Å²) < 4.78 is 24.1. The Kier molecular flexibility index (Phi) is 13.8. The number of aryl methyl sites for hydroxylation is 1. The molecule has 0 amide bonds. The number of carbonyl (C=O) groups is 2. The Morgan fingerprint density at radius 2 is 1.89 bits per heavy atom. The van der Waals surface area contributed by atoms with E-state index in [-0.39, 0.29) is 63.4 Å². The van der Waals surface area contributed by atoms with Gasteiger partial charge in [0.05, 0.1) is 10.9 Å². The number of carboxylic acid groups (broad SMARTS) is 1. The highest BCUT2D eigenvalue weighted by atomic mass is 33.1. The van der Waals surface area contributed by atoms with E-state index in [1.165, 1.54) is 69.3 Å². The molecule has 8 rings (SSSR count). The van der Waals surface area contributed by atoms with E-state index in [0.717, 1.165) is 24.8 Å². The molecule has 0 unspecified atom stereocenters. The molecule has 6 N–H and O–H groups in total. The maximum atomic E-state index is 13.6. The predicted molar refractivity (Wildman–Crippen MR) is 241 cm³/mol. The van der Waals surface area contributed by atoms with E-state index in [4.69, 9.17) is 18.6 Å². The van der Waals surface area contributed by atoms with Crippen molar-refractivity contribution in [3.05, 3.63) is 124 Å². The molecule has 5 aromatic rings. The Balaban J connectivity index is 1.14. The largest absolute Gasteiger partial charge is 0.508 e. The van der Waals surface area contributed by atoms with Crippen molar-refractivity contribution in [3.8, 4) is 34.5 Å². The van der Waals surface area contributed by atoms with Crippen LogP contribution in [0.1, 0.15) is 48.3 Å². The van der Waals surface area contributed by atoms with Crippen LogP contribution in [0.15, 0.2) is 107 Å². The van der Waals surface area contributed by atoms with Crippen LogP contribution in [-0.2, 0) is 25.5 Å². The molecule has 2 fully saturated rings. The molecule has 13 nitrogen and oxygen atoms in total. The highest BCUT2D eigenvalue weighted by Gasteiger charge is 2.69. The van der Waals surface area contributed by atoms with E-state index in [9.17, 15) is 34.8 Å². The minimum atomic E-state index is -2.55. The Bertz CT molecular complexity index is 2550. The van der Waals surface area contributed by atoms with Crippen LogP contribution in [-0.4, -0.2) is 92.1 Å². The van der Waals surface area contributed by atoms with Gasteiger partial charge in [0.25, 0.3) is 0 Å². The van der Waals surface area contributed by atoms with Gasteiger partial charge < -0.3 is 49.4 Å². The maximum absolute atomic E-state index is 13.6. The topological polar surface area (TPSA) is 201 Å². The van der Waals surface area contributed by atoms with Crippen molar-refractivity contribution in [2.75, 3.05) is 24.8 Å². The third-order valence-electron chi connectivity index (χ3n) is 12.3. The van der Waals surface area contributed by atoms with Crippen LogP contribution in [0, 0.1) is 23.7 Å². The molecular weight excluding hydrogens is 845 g/mol. The van der Waals surface area contributed by atoms with E-state index in [2.05, 4.69) is 58.6 Å². The van der Waals surface area contributed by atoms with Gasteiger partial charge >= 0.3 is 5.97 Å². The average Bonchev–Trinajstić information content (AvgIpc) is 3.82. The molecule has 2 saturated heterocycles. The molecule has 1 aliphatic carbocycles. The molecule has 15 heteroatoms. The minimum absolute atomic E-state index is 0.00314. The van der Waals surface area contributed by atoms with Crippen LogP contribution in [0.4, 0.5) is 0 Å². The number of phenols is 1. The van der Waals surface area contributed by atoms with Gasteiger partial charge in [-0.05, 0) is 96.1 Å². The van der Waals surface area contributed by atoms with Gasteiger partial charge in [-0.25, -0.2) is 4.79 Å². The highest BCUT2D eigenvalue weighted by molar-refractivity contribution is 8.76. The molecule has 0 saturated carbocycles. The quantitative estimate of drug-likeness (QED) is 0.0586. The van der Waals surface area contributed by atoms with Gasteiger partial charge in [-0.2, -0.15) is 0 Å². The predicted octanol–water partition coefficient (Wildman–Crippen LogP) is 6.52. The van der Waals surface area contributed by atoms with Crippen molar-refractivity contribution in [1.82, 2.24) is 10.3 Å². The van der Waals surface area contributed by atoms with Gasteiger partial charge in [-0.15, -0.1) is 11.8 Å². The molecule has 328 valence electrons. The van der Waals surface area contributed by atoms with E-state index in [1.54, 1.807) is 12.1 Å². The number of aliphatic hydroxyl groups excluding tert-OH is 1. The summed E-state index contributed by atoms with van der Waals surface area (Å²) >= 11 is 0. The fraction of sp³-hybridized carbons (Fsp3) is 0.354. The fourth-order valence-electron chi connectivity index (χ4n) is 8.83. The second-order valence-electron chi connectivity index (χ2n) is 16.0. The van der Waals surface area contributed by atoms with E-state index in [1.807, 2.05) is 18.5 Å². The zero-order valence-electron chi connectivity index (χ0n) is 34.2. The summed E-state index contributed by atoms with van der Waals surface area (Å²) in [7, 11) is 2.78. The number of ether oxygens (including phenoxy) is 3. The van der Waals surface area contributed by atoms with Gasteiger partial charge in [-0.1, -0.05) is 70.1 Å². The number of aromatic hydroxyl groups is 1. The number of aldehydes is 1. The average molecular weight is 893 g/mol. The number of aliphatic hydroxyl groups is 2. The molecule has 3 aliphatic rings. The van der Waals surface area contributed by atoms with Crippen molar-refractivity contribution >= 4 is 50.9 Å².